The van der Waals surface area contributed by atoms with Crippen LogP contribution in [0.5, 0.6) is 11.5 Å². The number of benzene rings is 2. The molecule has 0 aromatic heterocycles. The van der Waals surface area contributed by atoms with Crippen LogP contribution in [-0.2, 0) is 13.2 Å². The third kappa shape index (κ3) is 5.23. The average molecular weight is 339 g/mol. The highest BCUT2D eigenvalue weighted by molar-refractivity contribution is 5.43. The molecule has 134 valence electrons. The van der Waals surface area contributed by atoms with Crippen LogP contribution < -0.4 is 14.8 Å². The maximum absolute atomic E-state index is 5.93. The van der Waals surface area contributed by atoms with Crippen LogP contribution in [0, 0.1) is 5.92 Å². The Labute approximate surface area is 151 Å². The number of nitrogens with one attached hydrogen (secondary N) is 1. The molecule has 3 heteroatoms. The first kappa shape index (κ1) is 17.8. The van der Waals surface area contributed by atoms with Gasteiger partial charge in [-0.25, -0.2) is 0 Å². The molecule has 1 fully saturated rings. The van der Waals surface area contributed by atoms with Crippen LogP contribution in [0.25, 0.3) is 0 Å². The van der Waals surface area contributed by atoms with Crippen LogP contribution in [0.2, 0.25) is 0 Å². The molecule has 2 aromatic carbocycles. The summed E-state index contributed by atoms with van der Waals surface area (Å²) in [5.74, 6) is 2.43. The lowest BCUT2D eigenvalue weighted by molar-refractivity contribution is 0.283. The van der Waals surface area contributed by atoms with Crippen molar-refractivity contribution in [1.29, 1.82) is 0 Å². The van der Waals surface area contributed by atoms with E-state index >= 15 is 0 Å². The number of ether oxygens (including phenoxy) is 2. The van der Waals surface area contributed by atoms with E-state index in [0.717, 1.165) is 29.5 Å². The molecular formula is C22H29NO2. The summed E-state index contributed by atoms with van der Waals surface area (Å²) in [5.41, 5.74) is 2.39. The van der Waals surface area contributed by atoms with Crippen molar-refractivity contribution in [2.45, 2.75) is 51.8 Å². The maximum atomic E-state index is 5.93. The molecule has 0 bridgehead atoms. The minimum absolute atomic E-state index is 0.550. The highest BCUT2D eigenvalue weighted by atomic mass is 16.5. The topological polar surface area (TPSA) is 30.5 Å². The molecule has 2 atom stereocenters. The van der Waals surface area contributed by atoms with Crippen LogP contribution in [0.15, 0.2) is 48.5 Å². The molecule has 1 aliphatic rings. The Morgan fingerprint density at radius 3 is 2.60 bits per heavy atom. The lowest BCUT2D eigenvalue weighted by Crippen LogP contribution is -2.33. The Kier molecular flexibility index (Phi) is 6.35. The van der Waals surface area contributed by atoms with Gasteiger partial charge in [-0.3, -0.25) is 0 Å². The normalized spacial score (nSPS) is 20.2. The van der Waals surface area contributed by atoms with Gasteiger partial charge in [0, 0.05) is 12.6 Å². The van der Waals surface area contributed by atoms with Gasteiger partial charge >= 0.3 is 0 Å². The summed E-state index contributed by atoms with van der Waals surface area (Å²) in [4.78, 5) is 0. The molecule has 3 rings (SSSR count). The zero-order chi connectivity index (χ0) is 17.5. The van der Waals surface area contributed by atoms with Crippen LogP contribution in [0.4, 0.5) is 0 Å². The lowest BCUT2D eigenvalue weighted by Gasteiger charge is -2.27. The smallest absolute Gasteiger partial charge is 0.161 e. The van der Waals surface area contributed by atoms with E-state index in [2.05, 4.69) is 36.5 Å². The number of rotatable bonds is 7. The van der Waals surface area contributed by atoms with E-state index in [-0.39, 0.29) is 0 Å². The van der Waals surface area contributed by atoms with Gasteiger partial charge in [-0.1, -0.05) is 56.2 Å². The van der Waals surface area contributed by atoms with Crippen molar-refractivity contribution < 1.29 is 9.47 Å². The zero-order valence-corrected chi connectivity index (χ0v) is 15.3. The van der Waals surface area contributed by atoms with Gasteiger partial charge in [-0.05, 0) is 42.0 Å². The van der Waals surface area contributed by atoms with Gasteiger partial charge in [0.05, 0.1) is 7.11 Å². The standard InChI is InChI=1S/C22H29NO2/c1-17-7-6-10-20(13-17)23-15-19-11-12-21(22(14-19)24-2)25-16-18-8-4-3-5-9-18/h3-5,8-9,11-12,14,17,20,23H,6-7,10,13,15-16H2,1-2H3. The summed E-state index contributed by atoms with van der Waals surface area (Å²) >= 11 is 0. The summed E-state index contributed by atoms with van der Waals surface area (Å²) in [7, 11) is 1.70. The average Bonchev–Trinajstić information content (AvgIpc) is 2.66. The monoisotopic (exact) mass is 339 g/mol. The largest absolute Gasteiger partial charge is 0.493 e. The third-order valence-electron chi connectivity index (χ3n) is 5.00. The fourth-order valence-electron chi connectivity index (χ4n) is 3.56. The summed E-state index contributed by atoms with van der Waals surface area (Å²) < 4.78 is 11.5. The minimum Gasteiger partial charge on any atom is -0.493 e. The molecule has 1 saturated carbocycles. The summed E-state index contributed by atoms with van der Waals surface area (Å²) in [6.07, 6.45) is 5.29. The molecule has 2 aromatic rings. The number of hydrogen-bond acceptors (Lipinski definition) is 3. The summed E-state index contributed by atoms with van der Waals surface area (Å²) in [6.45, 7) is 3.79. The van der Waals surface area contributed by atoms with Crippen molar-refractivity contribution in [3.63, 3.8) is 0 Å². The fraction of sp³-hybridized carbons (Fsp3) is 0.455. The van der Waals surface area contributed by atoms with E-state index in [9.17, 15) is 0 Å². The molecule has 0 radical (unpaired) electrons. The number of methoxy groups -OCH3 is 1. The summed E-state index contributed by atoms with van der Waals surface area (Å²) in [5, 5.41) is 3.70. The van der Waals surface area contributed by atoms with Crippen LogP contribution in [0.1, 0.15) is 43.7 Å². The van der Waals surface area contributed by atoms with E-state index in [1.807, 2.05) is 24.3 Å². The number of hydrogen-bond donors (Lipinski definition) is 1. The predicted molar refractivity (Wildman–Crippen MR) is 102 cm³/mol. The molecule has 0 spiro atoms. The molecule has 1 N–H and O–H groups in total. The second-order valence-corrected chi connectivity index (χ2v) is 7.11. The van der Waals surface area contributed by atoms with Gasteiger partial charge in [-0.2, -0.15) is 0 Å². The molecule has 1 aliphatic carbocycles. The Hall–Kier alpha value is -2.00. The van der Waals surface area contributed by atoms with Gasteiger partial charge < -0.3 is 14.8 Å². The van der Waals surface area contributed by atoms with Crippen molar-refractivity contribution in [2.24, 2.45) is 5.92 Å². The van der Waals surface area contributed by atoms with Crippen molar-refractivity contribution in [3.8, 4) is 11.5 Å². The SMILES string of the molecule is COc1cc(CNC2CCCC(C)C2)ccc1OCc1ccccc1. The molecule has 0 saturated heterocycles. The minimum atomic E-state index is 0.550. The van der Waals surface area contributed by atoms with Gasteiger partial charge in [-0.15, -0.1) is 0 Å². The van der Waals surface area contributed by atoms with Crippen LogP contribution >= 0.6 is 0 Å². The maximum Gasteiger partial charge on any atom is 0.161 e. The van der Waals surface area contributed by atoms with Crippen molar-refractivity contribution in [2.75, 3.05) is 7.11 Å². The van der Waals surface area contributed by atoms with E-state index < -0.39 is 0 Å². The van der Waals surface area contributed by atoms with Crippen LogP contribution in [0.3, 0.4) is 0 Å². The van der Waals surface area contributed by atoms with E-state index in [0.29, 0.717) is 12.6 Å². The Morgan fingerprint density at radius 2 is 1.84 bits per heavy atom. The van der Waals surface area contributed by atoms with Gasteiger partial charge in [0.25, 0.3) is 0 Å². The van der Waals surface area contributed by atoms with E-state index in [1.165, 1.54) is 31.2 Å². The molecule has 25 heavy (non-hydrogen) atoms. The van der Waals surface area contributed by atoms with Crippen molar-refractivity contribution >= 4 is 0 Å². The molecule has 0 amide bonds. The second-order valence-electron chi connectivity index (χ2n) is 7.11. The lowest BCUT2D eigenvalue weighted by atomic mass is 9.87. The first-order valence-corrected chi connectivity index (χ1v) is 9.31. The van der Waals surface area contributed by atoms with E-state index in [1.54, 1.807) is 7.11 Å². The quantitative estimate of drug-likeness (QED) is 0.775. The van der Waals surface area contributed by atoms with Gasteiger partial charge in [0.1, 0.15) is 6.61 Å². The Balaban J connectivity index is 1.57. The second kappa shape index (κ2) is 8.91. The highest BCUT2D eigenvalue weighted by Crippen LogP contribution is 2.29. The van der Waals surface area contributed by atoms with Crippen LogP contribution in [-0.4, -0.2) is 13.2 Å². The fourth-order valence-corrected chi connectivity index (χ4v) is 3.56. The van der Waals surface area contributed by atoms with Gasteiger partial charge in [0.15, 0.2) is 11.5 Å². The van der Waals surface area contributed by atoms with Gasteiger partial charge in [0.2, 0.25) is 0 Å². The zero-order valence-electron chi connectivity index (χ0n) is 15.3. The molecule has 3 nitrogen and oxygen atoms in total. The summed E-state index contributed by atoms with van der Waals surface area (Å²) in [6, 6.07) is 17.1. The molecule has 0 aliphatic heterocycles. The molecule has 0 heterocycles. The predicted octanol–water partition coefficient (Wildman–Crippen LogP) is 4.94. The van der Waals surface area contributed by atoms with Crippen molar-refractivity contribution in [1.82, 2.24) is 5.32 Å². The Morgan fingerprint density at radius 1 is 1.00 bits per heavy atom. The van der Waals surface area contributed by atoms with Crippen molar-refractivity contribution in [3.05, 3.63) is 59.7 Å². The first-order valence-electron chi connectivity index (χ1n) is 9.31. The molecule has 2 unspecified atom stereocenters. The Bertz CT molecular complexity index is 656. The molecular weight excluding hydrogens is 310 g/mol. The van der Waals surface area contributed by atoms with E-state index in [4.69, 9.17) is 9.47 Å². The highest BCUT2D eigenvalue weighted by Gasteiger charge is 2.18. The third-order valence-corrected chi connectivity index (χ3v) is 5.00. The first-order chi connectivity index (χ1) is 12.2.